The van der Waals surface area contributed by atoms with Crippen molar-refractivity contribution in [3.05, 3.63) is 77.4 Å². The summed E-state index contributed by atoms with van der Waals surface area (Å²) in [4.78, 5) is 49.6. The molecule has 0 radical (unpaired) electrons. The molecule has 23 nitrogen and oxygen atoms in total. The molecule has 1 aliphatic carbocycles. The first-order valence-electron chi connectivity index (χ1n) is 32.6. The molecule has 1 aromatic heterocycles. The van der Waals surface area contributed by atoms with Gasteiger partial charge in [0.15, 0.2) is 11.6 Å². The highest BCUT2D eigenvalue weighted by atomic mass is 19.3. The van der Waals surface area contributed by atoms with Gasteiger partial charge < -0.3 is 62.6 Å². The smallest absolute Gasteiger partial charge is 0.313 e. The van der Waals surface area contributed by atoms with Crippen LogP contribution in [-0.4, -0.2) is 251 Å². The van der Waals surface area contributed by atoms with E-state index in [0.29, 0.717) is 166 Å². The van der Waals surface area contributed by atoms with Gasteiger partial charge in [0.2, 0.25) is 23.5 Å². The fraction of sp³-hybridized carbons (Fsp3) is 0.703. The Bertz CT molecular complexity index is 2700. The lowest BCUT2D eigenvalue weighted by Crippen LogP contribution is -2.60. The topological polar surface area (TPSA) is 241 Å². The molecule has 2 unspecified atom stereocenters. The average molecular weight is 1300 g/mol. The van der Waals surface area contributed by atoms with Crippen LogP contribution in [0, 0.1) is 40.1 Å². The van der Waals surface area contributed by atoms with Crippen LogP contribution in [0.1, 0.15) is 94.9 Å². The third kappa shape index (κ3) is 23.7. The van der Waals surface area contributed by atoms with Crippen molar-refractivity contribution in [2.45, 2.75) is 121 Å². The lowest BCUT2D eigenvalue weighted by atomic mass is 9.86. The number of hydrogen-bond acceptors (Lipinski definition) is 19. The zero-order chi connectivity index (χ0) is 65.1. The Hall–Kier alpha value is -5.66. The normalized spacial score (nSPS) is 20.1. The lowest BCUT2D eigenvalue weighted by molar-refractivity contribution is -0.137. The number of nitrogens with one attached hydrogen (secondary N) is 3. The Morgan fingerprint density at radius 3 is 1.77 bits per heavy atom. The molecule has 28 heteroatoms. The summed E-state index contributed by atoms with van der Waals surface area (Å²) in [6.45, 7) is 15.0. The van der Waals surface area contributed by atoms with Crippen LogP contribution in [0.25, 0.3) is 0 Å². The van der Waals surface area contributed by atoms with Gasteiger partial charge in [-0.2, -0.15) is 0 Å². The number of carbonyl (C=O) groups excluding carboxylic acids is 3. The maximum atomic E-state index is 13.9. The second kappa shape index (κ2) is 38.0. The van der Waals surface area contributed by atoms with Crippen molar-refractivity contribution in [1.29, 1.82) is 10.8 Å². The van der Waals surface area contributed by atoms with Crippen molar-refractivity contribution in [3.8, 4) is 5.75 Å². The van der Waals surface area contributed by atoms with Crippen LogP contribution < -0.4 is 10.1 Å². The number of halogens is 5. The molecule has 4 aliphatic heterocycles. The number of carbonyl (C=O) groups is 3. The first kappa shape index (κ1) is 72.2. The van der Waals surface area contributed by atoms with E-state index < -0.39 is 41.0 Å². The van der Waals surface area contributed by atoms with Crippen molar-refractivity contribution in [2.75, 3.05) is 158 Å². The SMILES string of the molecule is CC(=N)N(C(=N)C1CN(C(=O)CCN2CCN(CCOCCOCCOCCOCc3cn(CCOCCOCCOCCOCCC(=O)Oc4c(F)cc(F)cc4F)nn3)CC2)C1)C1CC2CCC(C1)N2CC[C@H](NC(=O)C1CCC(F)(F)CC1)c1ccccc1. The second-order valence-corrected chi connectivity index (χ2v) is 24.1. The van der Waals surface area contributed by atoms with Crippen molar-refractivity contribution >= 4 is 29.5 Å². The molecule has 512 valence electrons. The van der Waals surface area contributed by atoms with Gasteiger partial charge in [-0.05, 0) is 57.4 Å². The van der Waals surface area contributed by atoms with Crippen LogP contribution >= 0.6 is 0 Å². The van der Waals surface area contributed by atoms with Crippen LogP contribution in [0.4, 0.5) is 22.0 Å². The van der Waals surface area contributed by atoms with Gasteiger partial charge in [0, 0.05) is 114 Å². The number of nitrogens with zero attached hydrogens (tertiary/aromatic N) is 8. The summed E-state index contributed by atoms with van der Waals surface area (Å²) in [6.07, 6.45) is 6.37. The minimum atomic E-state index is -2.69. The molecule has 2 bridgehead atoms. The first-order valence-corrected chi connectivity index (χ1v) is 32.6. The number of esters is 1. The average Bonchev–Trinajstić information content (AvgIpc) is 1.43. The van der Waals surface area contributed by atoms with Crippen LogP contribution in [0.2, 0.25) is 0 Å². The molecule has 5 heterocycles. The molecule has 4 saturated heterocycles. The quantitative estimate of drug-likeness (QED) is 0.0144. The summed E-state index contributed by atoms with van der Waals surface area (Å²) < 4.78 is 119. The summed E-state index contributed by atoms with van der Waals surface area (Å²) in [6, 6.07) is 11.2. The van der Waals surface area contributed by atoms with E-state index in [1.54, 1.807) is 17.8 Å². The van der Waals surface area contributed by atoms with Gasteiger partial charge in [0.25, 0.3) is 0 Å². The molecule has 5 aliphatic rings. The number of benzene rings is 2. The zero-order valence-electron chi connectivity index (χ0n) is 53.1. The fourth-order valence-corrected chi connectivity index (χ4v) is 12.5. The van der Waals surface area contributed by atoms with Gasteiger partial charge in [-0.15, -0.1) is 5.10 Å². The van der Waals surface area contributed by atoms with Gasteiger partial charge in [-0.1, -0.05) is 35.5 Å². The number of fused-ring (bicyclic) bond motifs is 2. The Morgan fingerprint density at radius 1 is 0.663 bits per heavy atom. The van der Waals surface area contributed by atoms with E-state index >= 15 is 0 Å². The third-order valence-corrected chi connectivity index (χ3v) is 17.6. The van der Waals surface area contributed by atoms with E-state index in [2.05, 4.69) is 35.1 Å². The summed E-state index contributed by atoms with van der Waals surface area (Å²) in [5, 5.41) is 29.5. The summed E-state index contributed by atoms with van der Waals surface area (Å²) in [5.74, 6) is -8.02. The second-order valence-electron chi connectivity index (χ2n) is 24.1. The van der Waals surface area contributed by atoms with Crippen molar-refractivity contribution in [3.63, 3.8) is 0 Å². The monoisotopic (exact) mass is 1300 g/mol. The van der Waals surface area contributed by atoms with E-state index in [4.69, 9.17) is 43.3 Å². The number of hydrogen-bond donors (Lipinski definition) is 3. The fourth-order valence-electron chi connectivity index (χ4n) is 12.5. The van der Waals surface area contributed by atoms with Crippen LogP contribution in [-0.2, 0) is 65.4 Å². The predicted molar refractivity (Wildman–Crippen MR) is 328 cm³/mol. The molecule has 2 aromatic carbocycles. The third-order valence-electron chi connectivity index (χ3n) is 17.6. The minimum absolute atomic E-state index is 0.0412. The van der Waals surface area contributed by atoms with Crippen molar-refractivity contribution in [2.24, 2.45) is 11.8 Å². The highest BCUT2D eigenvalue weighted by Gasteiger charge is 2.46. The van der Waals surface area contributed by atoms with E-state index in [1.807, 2.05) is 40.1 Å². The predicted octanol–water partition coefficient (Wildman–Crippen LogP) is 6.13. The maximum absolute atomic E-state index is 13.9. The van der Waals surface area contributed by atoms with E-state index in [9.17, 15) is 41.7 Å². The number of rotatable bonds is 41. The summed E-state index contributed by atoms with van der Waals surface area (Å²) in [5.41, 5.74) is 1.70. The van der Waals surface area contributed by atoms with Crippen molar-refractivity contribution in [1.82, 2.24) is 44.8 Å². The van der Waals surface area contributed by atoms with E-state index in [1.165, 1.54) is 0 Å². The Balaban J connectivity index is 0.563. The number of aromatic nitrogens is 3. The lowest BCUT2D eigenvalue weighted by Gasteiger charge is -2.48. The Kier molecular flexibility index (Phi) is 29.8. The zero-order valence-corrected chi connectivity index (χ0v) is 53.1. The molecule has 92 heavy (non-hydrogen) atoms. The molecule has 5 fully saturated rings. The first-order chi connectivity index (χ1) is 44.6. The van der Waals surface area contributed by atoms with Crippen LogP contribution in [0.5, 0.6) is 5.75 Å². The van der Waals surface area contributed by atoms with Gasteiger partial charge in [0.1, 0.15) is 17.3 Å². The van der Waals surface area contributed by atoms with Gasteiger partial charge >= 0.3 is 5.97 Å². The molecule has 8 rings (SSSR count). The van der Waals surface area contributed by atoms with Crippen LogP contribution in [0.3, 0.4) is 0 Å². The largest absolute Gasteiger partial charge is 0.420 e. The molecular weight excluding hydrogens is 1210 g/mol. The summed E-state index contributed by atoms with van der Waals surface area (Å²) in [7, 11) is 0. The number of alkyl halides is 2. The van der Waals surface area contributed by atoms with Gasteiger partial charge in [0.05, 0.1) is 143 Å². The van der Waals surface area contributed by atoms with Gasteiger partial charge in [-0.3, -0.25) is 35.0 Å². The molecule has 3 aromatic rings. The number of amides is 2. The number of piperidine rings is 1. The van der Waals surface area contributed by atoms with E-state index in [-0.39, 0.29) is 81.7 Å². The van der Waals surface area contributed by atoms with Crippen molar-refractivity contribution < 1.29 is 79.0 Å². The Labute approximate surface area is 536 Å². The number of amidine groups is 2. The molecule has 2 amide bonds. The number of likely N-dealkylation sites (tertiary alicyclic amines) is 1. The summed E-state index contributed by atoms with van der Waals surface area (Å²) >= 11 is 0. The number of piperazine rings is 1. The van der Waals surface area contributed by atoms with Gasteiger partial charge in [-0.25, -0.2) is 26.6 Å². The molecular formula is C64H94F5N11O12. The number of ether oxygens (including phenoxy) is 9. The molecule has 3 N–H and O–H groups in total. The highest BCUT2D eigenvalue weighted by Crippen LogP contribution is 2.40. The van der Waals surface area contributed by atoms with E-state index in [0.717, 1.165) is 70.5 Å². The standard InChI is InChI=1S/C64H94F5N11O12/c1-47(70)80(55-41-53-7-8-54(42-55)79(53)17-11-58(48-5-3-2-4-6-48)72-63(83)49-9-14-64(68,69)15-10-49)62(71)50-43-77(44-50)59(81)12-16-75-18-20-76(21-19-75)22-25-85-28-31-88-35-36-90-37-38-91-46-52-45-78(74-73-52)23-26-86-29-32-89-34-33-87-30-27-84-24-13-60(82)92-61-56(66)39-51(65)40-57(61)67/h2-6,39-40,45,49-50,53-55,58,70-71H,7-38,41-44,46H2,1H3,(H,72,83)/t53?,54?,55?,58-/m0/s1. The molecule has 0 spiro atoms. The molecule has 1 saturated carbocycles. The Morgan fingerprint density at radius 2 is 1.20 bits per heavy atom. The van der Waals surface area contributed by atoms with Crippen LogP contribution in [0.15, 0.2) is 48.7 Å². The maximum Gasteiger partial charge on any atom is 0.313 e. The minimum Gasteiger partial charge on any atom is -0.420 e. The molecule has 3 atom stereocenters. The highest BCUT2D eigenvalue weighted by molar-refractivity contribution is 5.99.